The van der Waals surface area contributed by atoms with Crippen LogP contribution in [0.2, 0.25) is 0 Å². The van der Waals surface area contributed by atoms with Gasteiger partial charge in [-0.2, -0.15) is 0 Å². The average molecular weight is 213 g/mol. The summed E-state index contributed by atoms with van der Waals surface area (Å²) in [5.74, 6) is 0. The average Bonchev–Trinajstić information content (AvgIpc) is 2.31. The van der Waals surface area contributed by atoms with Crippen LogP contribution >= 0.6 is 0 Å². The zero-order valence-electron chi connectivity index (χ0n) is 8.15. The number of pyridine rings is 1. The number of hydrogen-bond acceptors (Lipinski definition) is 3. The first kappa shape index (κ1) is 8.84. The Labute approximate surface area is 88.8 Å². The number of aromatic amines is 2. The molecule has 16 heavy (non-hydrogen) atoms. The summed E-state index contributed by atoms with van der Waals surface area (Å²) in [5.41, 5.74) is -0.0366. The summed E-state index contributed by atoms with van der Waals surface area (Å²) in [6.45, 7) is 0. The minimum absolute atomic E-state index is 0.614. The van der Waals surface area contributed by atoms with Crippen molar-refractivity contribution in [1.82, 2.24) is 15.0 Å². The number of nitrogens with one attached hydrogen (secondary N) is 2. The molecule has 0 amide bonds. The molecule has 0 aliphatic carbocycles. The molecule has 0 aliphatic rings. The van der Waals surface area contributed by atoms with Crippen LogP contribution in [0.5, 0.6) is 0 Å². The van der Waals surface area contributed by atoms with Gasteiger partial charge in [0, 0.05) is 23.2 Å². The molecule has 2 aromatic heterocycles. The lowest BCUT2D eigenvalue weighted by Gasteiger charge is -2.01. The van der Waals surface area contributed by atoms with E-state index in [1.807, 2.05) is 6.07 Å². The summed E-state index contributed by atoms with van der Waals surface area (Å²) in [7, 11) is 0. The van der Waals surface area contributed by atoms with E-state index in [2.05, 4.69) is 15.0 Å². The third kappa shape index (κ3) is 1.15. The second kappa shape index (κ2) is 3.03. The number of hydrogen-bond donors (Lipinski definition) is 2. The molecule has 1 aromatic carbocycles. The fourth-order valence-corrected chi connectivity index (χ4v) is 1.76. The van der Waals surface area contributed by atoms with Crippen LogP contribution in [-0.4, -0.2) is 15.0 Å². The van der Waals surface area contributed by atoms with E-state index in [4.69, 9.17) is 0 Å². The maximum Gasteiger partial charge on any atom is 0.314 e. The van der Waals surface area contributed by atoms with Crippen molar-refractivity contribution in [3.8, 4) is 0 Å². The van der Waals surface area contributed by atoms with Gasteiger partial charge in [-0.05, 0) is 12.1 Å². The standard InChI is InChI=1S/C11H7N3O2/c15-10-11(16)14-9-7-3-4-12-5-6(7)1-2-8(9)13-10/h1-5H,(H,13,15)(H,14,16). The van der Waals surface area contributed by atoms with Crippen molar-refractivity contribution >= 4 is 21.8 Å². The molecular weight excluding hydrogens is 206 g/mol. The van der Waals surface area contributed by atoms with Gasteiger partial charge in [-0.3, -0.25) is 14.6 Å². The smallest absolute Gasteiger partial charge is 0.314 e. The molecule has 0 fully saturated rings. The lowest BCUT2D eigenvalue weighted by atomic mass is 10.1. The third-order valence-electron chi connectivity index (χ3n) is 2.51. The number of fused-ring (bicyclic) bond motifs is 3. The van der Waals surface area contributed by atoms with E-state index in [1.165, 1.54) is 0 Å². The van der Waals surface area contributed by atoms with Crippen molar-refractivity contribution in [2.75, 3.05) is 0 Å². The highest BCUT2D eigenvalue weighted by Gasteiger charge is 2.03. The van der Waals surface area contributed by atoms with Gasteiger partial charge in [-0.15, -0.1) is 0 Å². The summed E-state index contributed by atoms with van der Waals surface area (Å²) in [5, 5.41) is 1.78. The molecule has 5 heteroatoms. The molecule has 0 saturated heterocycles. The van der Waals surface area contributed by atoms with Crippen molar-refractivity contribution in [2.45, 2.75) is 0 Å². The van der Waals surface area contributed by atoms with Gasteiger partial charge in [0.05, 0.1) is 11.0 Å². The summed E-state index contributed by atoms with van der Waals surface area (Å²) in [6, 6.07) is 5.39. The molecule has 3 aromatic rings. The Hall–Kier alpha value is -2.43. The number of H-pyrrole nitrogens is 2. The normalized spacial score (nSPS) is 11.0. The number of aromatic nitrogens is 3. The quantitative estimate of drug-likeness (QED) is 0.427. The van der Waals surface area contributed by atoms with Crippen LogP contribution < -0.4 is 11.1 Å². The predicted molar refractivity (Wildman–Crippen MR) is 60.5 cm³/mol. The van der Waals surface area contributed by atoms with Gasteiger partial charge in [0.15, 0.2) is 0 Å². The van der Waals surface area contributed by atoms with Crippen molar-refractivity contribution in [1.29, 1.82) is 0 Å². The molecule has 2 N–H and O–H groups in total. The Bertz CT molecular complexity index is 801. The first-order chi connectivity index (χ1) is 7.75. The van der Waals surface area contributed by atoms with Crippen molar-refractivity contribution in [3.63, 3.8) is 0 Å². The van der Waals surface area contributed by atoms with E-state index in [0.717, 1.165) is 10.8 Å². The Morgan fingerprint density at radius 3 is 2.69 bits per heavy atom. The van der Waals surface area contributed by atoms with Crippen LogP contribution in [-0.2, 0) is 0 Å². The Morgan fingerprint density at radius 1 is 1.00 bits per heavy atom. The van der Waals surface area contributed by atoms with Gasteiger partial charge in [-0.1, -0.05) is 6.07 Å². The molecule has 0 aliphatic heterocycles. The van der Waals surface area contributed by atoms with Crippen molar-refractivity contribution in [2.24, 2.45) is 0 Å². The second-order valence-electron chi connectivity index (χ2n) is 3.49. The summed E-state index contributed by atoms with van der Waals surface area (Å²) in [6.07, 6.45) is 3.35. The second-order valence-corrected chi connectivity index (χ2v) is 3.49. The Balaban J connectivity index is 2.65. The largest absolute Gasteiger partial charge is 0.316 e. The van der Waals surface area contributed by atoms with E-state index >= 15 is 0 Å². The lowest BCUT2D eigenvalue weighted by molar-refractivity contribution is 1.15. The van der Waals surface area contributed by atoms with E-state index in [9.17, 15) is 9.59 Å². The van der Waals surface area contributed by atoms with E-state index in [1.54, 1.807) is 24.5 Å². The van der Waals surface area contributed by atoms with Crippen LogP contribution in [0.3, 0.4) is 0 Å². The highest BCUT2D eigenvalue weighted by molar-refractivity contribution is 6.03. The maximum atomic E-state index is 11.3. The molecule has 78 valence electrons. The topological polar surface area (TPSA) is 78.6 Å². The third-order valence-corrected chi connectivity index (χ3v) is 2.51. The van der Waals surface area contributed by atoms with Crippen molar-refractivity contribution in [3.05, 3.63) is 51.3 Å². The molecule has 3 rings (SSSR count). The van der Waals surface area contributed by atoms with Crippen LogP contribution in [0.4, 0.5) is 0 Å². The van der Waals surface area contributed by atoms with Gasteiger partial charge in [0.1, 0.15) is 0 Å². The Kier molecular flexibility index (Phi) is 1.67. The molecule has 0 unspecified atom stereocenters. The minimum Gasteiger partial charge on any atom is -0.316 e. The first-order valence-corrected chi connectivity index (χ1v) is 4.75. The van der Waals surface area contributed by atoms with Gasteiger partial charge >= 0.3 is 11.1 Å². The molecule has 0 radical (unpaired) electrons. The van der Waals surface area contributed by atoms with Crippen LogP contribution in [0.1, 0.15) is 0 Å². The van der Waals surface area contributed by atoms with E-state index in [-0.39, 0.29) is 0 Å². The molecule has 0 atom stereocenters. The number of benzene rings is 1. The van der Waals surface area contributed by atoms with Gasteiger partial charge in [0.25, 0.3) is 0 Å². The van der Waals surface area contributed by atoms with Crippen LogP contribution in [0, 0.1) is 0 Å². The van der Waals surface area contributed by atoms with Crippen LogP contribution in [0.25, 0.3) is 21.8 Å². The molecule has 5 nitrogen and oxygen atoms in total. The van der Waals surface area contributed by atoms with Crippen molar-refractivity contribution < 1.29 is 0 Å². The monoisotopic (exact) mass is 213 g/mol. The number of rotatable bonds is 0. The number of nitrogens with zero attached hydrogens (tertiary/aromatic N) is 1. The molecule has 0 spiro atoms. The van der Waals surface area contributed by atoms with Crippen LogP contribution in [0.15, 0.2) is 40.2 Å². The molecule has 0 bridgehead atoms. The van der Waals surface area contributed by atoms with E-state index in [0.29, 0.717) is 11.0 Å². The SMILES string of the molecule is O=c1[nH]c2ccc3cnccc3c2[nH]c1=O. The van der Waals surface area contributed by atoms with Gasteiger partial charge in [-0.25, -0.2) is 0 Å². The lowest BCUT2D eigenvalue weighted by Crippen LogP contribution is -2.28. The summed E-state index contributed by atoms with van der Waals surface area (Å²) < 4.78 is 0. The predicted octanol–water partition coefficient (Wildman–Crippen LogP) is 0.765. The maximum absolute atomic E-state index is 11.3. The summed E-state index contributed by atoms with van der Waals surface area (Å²) in [4.78, 5) is 31.5. The molecule has 0 saturated carbocycles. The fraction of sp³-hybridized carbons (Fsp3) is 0. The van der Waals surface area contributed by atoms with Gasteiger partial charge in [0.2, 0.25) is 0 Å². The van der Waals surface area contributed by atoms with Gasteiger partial charge < -0.3 is 9.97 Å². The minimum atomic E-state index is -0.642. The summed E-state index contributed by atoms with van der Waals surface area (Å²) >= 11 is 0. The first-order valence-electron chi connectivity index (χ1n) is 4.75. The zero-order valence-corrected chi connectivity index (χ0v) is 8.15. The highest BCUT2D eigenvalue weighted by Crippen LogP contribution is 2.19. The fourth-order valence-electron chi connectivity index (χ4n) is 1.76. The highest BCUT2D eigenvalue weighted by atomic mass is 16.2. The van der Waals surface area contributed by atoms with E-state index < -0.39 is 11.1 Å². The molecular formula is C11H7N3O2. The zero-order chi connectivity index (χ0) is 11.1. The Morgan fingerprint density at radius 2 is 1.81 bits per heavy atom. The molecule has 2 heterocycles.